The molecule has 2 amide bonds. The van der Waals surface area contributed by atoms with Gasteiger partial charge in [0.25, 0.3) is 0 Å². The van der Waals surface area contributed by atoms with Crippen molar-refractivity contribution in [3.63, 3.8) is 0 Å². The fourth-order valence-electron chi connectivity index (χ4n) is 3.51. The summed E-state index contributed by atoms with van der Waals surface area (Å²) in [5.74, 6) is 0.0327. The normalized spacial score (nSPS) is 36.6. The lowest BCUT2D eigenvalue weighted by molar-refractivity contribution is -0.123. The zero-order valence-corrected chi connectivity index (χ0v) is 9.56. The first kappa shape index (κ1) is 9.94. The van der Waals surface area contributed by atoms with Crippen LogP contribution in [0.5, 0.6) is 0 Å². The molecule has 2 fully saturated rings. The Morgan fingerprint density at radius 2 is 1.56 bits per heavy atom. The summed E-state index contributed by atoms with van der Waals surface area (Å²) in [5, 5.41) is 0. The highest BCUT2D eigenvalue weighted by atomic mass is 16.2. The minimum Gasteiger partial charge on any atom is -0.274 e. The van der Waals surface area contributed by atoms with Crippen molar-refractivity contribution in [3.05, 3.63) is 30.6 Å². The summed E-state index contributed by atoms with van der Waals surface area (Å²) in [7, 11) is 0. The van der Waals surface area contributed by atoms with E-state index in [2.05, 4.69) is 22.1 Å². The average molecular weight is 241 g/mol. The molecular weight excluding hydrogens is 230 g/mol. The summed E-state index contributed by atoms with van der Waals surface area (Å²) in [4.78, 5) is 34.0. The summed E-state index contributed by atoms with van der Waals surface area (Å²) < 4.78 is 0. The number of hydrogen-bond acceptors (Lipinski definition) is 4. The predicted molar refractivity (Wildman–Crippen MR) is 62.2 cm³/mol. The number of rotatable bonds is 1. The van der Waals surface area contributed by atoms with Crippen LogP contribution in [-0.2, 0) is 9.59 Å². The predicted octanol–water partition coefficient (Wildman–Crippen LogP) is 0.788. The number of carbonyl (C=O) groups is 2. The number of amides is 2. The SMILES string of the molecule is O=C1[C@@H]2[C@@H](C(=O)N1c1ncccn1)[C@H]1C=C[C@H]2C1. The molecular formula is C13H11N3O2. The summed E-state index contributed by atoms with van der Waals surface area (Å²) >= 11 is 0. The monoisotopic (exact) mass is 241 g/mol. The van der Waals surface area contributed by atoms with Crippen LogP contribution in [0.4, 0.5) is 5.95 Å². The number of fused-ring (bicyclic) bond motifs is 5. The van der Waals surface area contributed by atoms with Gasteiger partial charge in [-0.3, -0.25) is 9.59 Å². The van der Waals surface area contributed by atoms with E-state index in [4.69, 9.17) is 0 Å². The van der Waals surface area contributed by atoms with Gasteiger partial charge in [0.2, 0.25) is 17.8 Å². The van der Waals surface area contributed by atoms with E-state index in [-0.39, 0.29) is 41.4 Å². The molecule has 5 nitrogen and oxygen atoms in total. The van der Waals surface area contributed by atoms with Gasteiger partial charge in [-0.15, -0.1) is 0 Å². The van der Waals surface area contributed by atoms with Gasteiger partial charge in [0, 0.05) is 12.4 Å². The standard InChI is InChI=1S/C13H11N3O2/c17-11-9-7-2-3-8(6-7)10(9)12(18)16(11)13-14-4-1-5-15-13/h1-5,7-10H,6H2/t7-,8-,9-,10-/m0/s1. The molecule has 90 valence electrons. The van der Waals surface area contributed by atoms with Crippen molar-refractivity contribution in [3.8, 4) is 0 Å². The van der Waals surface area contributed by atoms with Crippen molar-refractivity contribution in [1.29, 1.82) is 0 Å². The maximum atomic E-state index is 12.4. The van der Waals surface area contributed by atoms with Crippen molar-refractivity contribution >= 4 is 17.8 Å². The first-order valence-corrected chi connectivity index (χ1v) is 6.10. The molecule has 4 rings (SSSR count). The van der Waals surface area contributed by atoms with E-state index in [9.17, 15) is 9.59 Å². The zero-order chi connectivity index (χ0) is 12.3. The molecule has 3 aliphatic rings. The quantitative estimate of drug-likeness (QED) is 0.538. The summed E-state index contributed by atoms with van der Waals surface area (Å²) in [5.41, 5.74) is 0. The fourth-order valence-corrected chi connectivity index (χ4v) is 3.51. The highest BCUT2D eigenvalue weighted by molar-refractivity contribution is 6.21. The Kier molecular flexibility index (Phi) is 1.79. The van der Waals surface area contributed by atoms with Crippen LogP contribution in [-0.4, -0.2) is 21.8 Å². The number of nitrogens with zero attached hydrogens (tertiary/aromatic N) is 3. The van der Waals surface area contributed by atoms with Crippen LogP contribution >= 0.6 is 0 Å². The van der Waals surface area contributed by atoms with Crippen molar-refractivity contribution < 1.29 is 9.59 Å². The second-order valence-electron chi connectivity index (χ2n) is 5.06. The highest BCUT2D eigenvalue weighted by Crippen LogP contribution is 2.52. The van der Waals surface area contributed by atoms with E-state index in [0.29, 0.717) is 0 Å². The number of allylic oxidation sites excluding steroid dienone is 2. The minimum absolute atomic E-state index is 0.131. The van der Waals surface area contributed by atoms with Crippen LogP contribution in [0.25, 0.3) is 0 Å². The first-order valence-electron chi connectivity index (χ1n) is 6.10. The molecule has 1 saturated heterocycles. The molecule has 2 bridgehead atoms. The average Bonchev–Trinajstić information content (AvgIpc) is 3.05. The maximum absolute atomic E-state index is 12.4. The molecule has 4 atom stereocenters. The van der Waals surface area contributed by atoms with E-state index >= 15 is 0 Å². The molecule has 1 aromatic rings. The number of carbonyl (C=O) groups excluding carboxylic acids is 2. The number of imide groups is 1. The number of anilines is 1. The van der Waals surface area contributed by atoms with Gasteiger partial charge in [-0.25, -0.2) is 14.9 Å². The van der Waals surface area contributed by atoms with Crippen molar-refractivity contribution in [2.45, 2.75) is 6.42 Å². The third-order valence-electron chi connectivity index (χ3n) is 4.22. The smallest absolute Gasteiger partial charge is 0.240 e. The molecule has 0 spiro atoms. The molecule has 2 aliphatic carbocycles. The third kappa shape index (κ3) is 1.06. The lowest BCUT2D eigenvalue weighted by atomic mass is 9.85. The Morgan fingerprint density at radius 1 is 1.00 bits per heavy atom. The van der Waals surface area contributed by atoms with Crippen LogP contribution in [0, 0.1) is 23.7 Å². The third-order valence-corrected chi connectivity index (χ3v) is 4.22. The Labute approximate surface area is 104 Å². The van der Waals surface area contributed by atoms with Crippen molar-refractivity contribution in [2.75, 3.05) is 4.90 Å². The molecule has 1 aliphatic heterocycles. The topological polar surface area (TPSA) is 63.2 Å². The van der Waals surface area contributed by atoms with Crippen LogP contribution in [0.15, 0.2) is 30.6 Å². The van der Waals surface area contributed by atoms with Gasteiger partial charge in [0.1, 0.15) is 0 Å². The largest absolute Gasteiger partial charge is 0.274 e. The van der Waals surface area contributed by atoms with Gasteiger partial charge in [-0.05, 0) is 24.3 Å². The van der Waals surface area contributed by atoms with E-state index in [0.717, 1.165) is 6.42 Å². The van der Waals surface area contributed by atoms with Gasteiger partial charge in [-0.1, -0.05) is 12.2 Å². The lowest BCUT2D eigenvalue weighted by Gasteiger charge is -2.14. The summed E-state index contributed by atoms with van der Waals surface area (Å²) in [6, 6.07) is 1.67. The Balaban J connectivity index is 1.77. The van der Waals surface area contributed by atoms with Crippen LogP contribution in [0.2, 0.25) is 0 Å². The highest BCUT2D eigenvalue weighted by Gasteiger charge is 2.60. The van der Waals surface area contributed by atoms with Crippen LogP contribution < -0.4 is 4.90 Å². The molecule has 0 unspecified atom stereocenters. The summed E-state index contributed by atoms with van der Waals surface area (Å²) in [6.07, 6.45) is 8.18. The molecule has 0 N–H and O–H groups in total. The molecule has 1 aromatic heterocycles. The van der Waals surface area contributed by atoms with E-state index in [1.807, 2.05) is 0 Å². The molecule has 5 heteroatoms. The number of aromatic nitrogens is 2. The number of hydrogen-bond donors (Lipinski definition) is 0. The van der Waals surface area contributed by atoms with E-state index in [1.54, 1.807) is 18.5 Å². The molecule has 18 heavy (non-hydrogen) atoms. The first-order chi connectivity index (χ1) is 8.77. The van der Waals surface area contributed by atoms with E-state index < -0.39 is 0 Å². The Bertz CT molecular complexity index is 539. The van der Waals surface area contributed by atoms with Gasteiger partial charge < -0.3 is 0 Å². The molecule has 0 radical (unpaired) electrons. The van der Waals surface area contributed by atoms with Crippen molar-refractivity contribution in [2.24, 2.45) is 23.7 Å². The molecule has 1 saturated carbocycles. The Morgan fingerprint density at radius 3 is 2.11 bits per heavy atom. The van der Waals surface area contributed by atoms with Crippen molar-refractivity contribution in [1.82, 2.24) is 9.97 Å². The molecule has 2 heterocycles. The van der Waals surface area contributed by atoms with Gasteiger partial charge in [-0.2, -0.15) is 0 Å². The fraction of sp³-hybridized carbons (Fsp3) is 0.385. The second-order valence-corrected chi connectivity index (χ2v) is 5.06. The Hall–Kier alpha value is -2.04. The molecule has 0 aromatic carbocycles. The second kappa shape index (κ2) is 3.25. The van der Waals surface area contributed by atoms with Crippen LogP contribution in [0.3, 0.4) is 0 Å². The minimum atomic E-state index is -0.184. The lowest BCUT2D eigenvalue weighted by Crippen LogP contribution is -2.34. The van der Waals surface area contributed by atoms with E-state index in [1.165, 1.54) is 4.90 Å². The maximum Gasteiger partial charge on any atom is 0.240 e. The zero-order valence-electron chi connectivity index (χ0n) is 9.56. The van der Waals surface area contributed by atoms with Gasteiger partial charge >= 0.3 is 0 Å². The van der Waals surface area contributed by atoms with Gasteiger partial charge in [0.15, 0.2) is 0 Å². The van der Waals surface area contributed by atoms with Gasteiger partial charge in [0.05, 0.1) is 11.8 Å². The summed E-state index contributed by atoms with van der Waals surface area (Å²) in [6.45, 7) is 0. The van der Waals surface area contributed by atoms with Crippen LogP contribution in [0.1, 0.15) is 6.42 Å².